The molecule has 1 fully saturated rings. The molecule has 0 radical (unpaired) electrons. The molecular formula is C16H23FN2O2. The molecule has 5 heteroatoms. The molecule has 1 aliphatic carbocycles. The van der Waals surface area contributed by atoms with Crippen molar-refractivity contribution >= 4 is 17.3 Å². The third-order valence-corrected chi connectivity index (χ3v) is 4.38. The Bertz CT molecular complexity index is 539. The van der Waals surface area contributed by atoms with Crippen molar-refractivity contribution in [1.82, 2.24) is 0 Å². The number of nitrogen functional groups attached to an aromatic ring is 1. The topological polar surface area (TPSA) is 64.3 Å². The summed E-state index contributed by atoms with van der Waals surface area (Å²) >= 11 is 0. The van der Waals surface area contributed by atoms with Gasteiger partial charge in [-0.25, -0.2) is 9.18 Å². The van der Waals surface area contributed by atoms with Gasteiger partial charge >= 0.3 is 5.97 Å². The Hall–Kier alpha value is -1.78. The van der Waals surface area contributed by atoms with Gasteiger partial charge in [-0.15, -0.1) is 0 Å². The molecule has 0 unspecified atom stereocenters. The molecule has 1 aromatic rings. The first-order chi connectivity index (χ1) is 9.89. The molecule has 0 spiro atoms. The van der Waals surface area contributed by atoms with Crippen LogP contribution in [-0.4, -0.2) is 19.1 Å². The minimum atomic E-state index is -0.525. The summed E-state index contributed by atoms with van der Waals surface area (Å²) in [6.45, 7) is 7.04. The van der Waals surface area contributed by atoms with Crippen molar-refractivity contribution in [1.29, 1.82) is 0 Å². The SMILES string of the molecule is CCOC(=O)c1cc(NCC2(C(C)C)CC2)c(F)cc1N. The Morgan fingerprint density at radius 2 is 2.14 bits per heavy atom. The zero-order valence-corrected chi connectivity index (χ0v) is 12.8. The van der Waals surface area contributed by atoms with Crippen LogP contribution in [0.4, 0.5) is 15.8 Å². The summed E-state index contributed by atoms with van der Waals surface area (Å²) in [7, 11) is 0. The van der Waals surface area contributed by atoms with Gasteiger partial charge in [-0.1, -0.05) is 13.8 Å². The first kappa shape index (κ1) is 15.6. The average Bonchev–Trinajstić information content (AvgIpc) is 3.19. The molecule has 4 nitrogen and oxygen atoms in total. The van der Waals surface area contributed by atoms with Gasteiger partial charge in [-0.2, -0.15) is 0 Å². The number of halogens is 1. The van der Waals surface area contributed by atoms with E-state index >= 15 is 0 Å². The summed E-state index contributed by atoms with van der Waals surface area (Å²) in [4.78, 5) is 11.8. The van der Waals surface area contributed by atoms with Crippen LogP contribution in [0, 0.1) is 17.2 Å². The van der Waals surface area contributed by atoms with Gasteiger partial charge < -0.3 is 15.8 Å². The van der Waals surface area contributed by atoms with Gasteiger partial charge in [0.25, 0.3) is 0 Å². The maximum absolute atomic E-state index is 14.0. The van der Waals surface area contributed by atoms with Gasteiger partial charge in [0.1, 0.15) is 5.82 Å². The fourth-order valence-corrected chi connectivity index (χ4v) is 2.50. The monoisotopic (exact) mass is 294 g/mol. The molecule has 0 aliphatic heterocycles. The Kier molecular flexibility index (Phi) is 4.40. The lowest BCUT2D eigenvalue weighted by Gasteiger charge is -2.21. The van der Waals surface area contributed by atoms with Crippen molar-refractivity contribution in [2.24, 2.45) is 11.3 Å². The summed E-state index contributed by atoms with van der Waals surface area (Å²) in [5.41, 5.74) is 6.55. The van der Waals surface area contributed by atoms with Gasteiger partial charge in [0.15, 0.2) is 0 Å². The van der Waals surface area contributed by atoms with E-state index in [1.165, 1.54) is 12.1 Å². The van der Waals surface area contributed by atoms with Crippen LogP contribution in [0.25, 0.3) is 0 Å². The second kappa shape index (κ2) is 5.92. The van der Waals surface area contributed by atoms with E-state index in [4.69, 9.17) is 10.5 Å². The minimum Gasteiger partial charge on any atom is -0.462 e. The van der Waals surface area contributed by atoms with E-state index in [0.717, 1.165) is 12.8 Å². The van der Waals surface area contributed by atoms with Crippen LogP contribution in [0.3, 0.4) is 0 Å². The Morgan fingerprint density at radius 3 is 2.67 bits per heavy atom. The van der Waals surface area contributed by atoms with Gasteiger partial charge in [0.2, 0.25) is 0 Å². The van der Waals surface area contributed by atoms with Crippen LogP contribution in [0.1, 0.15) is 44.0 Å². The zero-order valence-electron chi connectivity index (χ0n) is 12.8. The molecule has 0 amide bonds. The Morgan fingerprint density at radius 1 is 1.48 bits per heavy atom. The van der Waals surface area contributed by atoms with E-state index in [0.29, 0.717) is 18.2 Å². The van der Waals surface area contributed by atoms with Crippen molar-refractivity contribution in [3.8, 4) is 0 Å². The van der Waals surface area contributed by atoms with Crippen molar-refractivity contribution in [2.45, 2.75) is 33.6 Å². The number of ether oxygens (including phenoxy) is 1. The standard InChI is InChI=1S/C16H23FN2O2/c1-4-21-15(20)11-7-14(12(17)8-13(11)18)19-9-16(5-6-16)10(2)3/h7-8,10,19H,4-6,9,18H2,1-3H3. The lowest BCUT2D eigenvalue weighted by atomic mass is 9.92. The lowest BCUT2D eigenvalue weighted by molar-refractivity contribution is 0.0527. The molecule has 1 aliphatic rings. The highest BCUT2D eigenvalue weighted by molar-refractivity contribution is 5.96. The van der Waals surface area contributed by atoms with E-state index in [9.17, 15) is 9.18 Å². The summed E-state index contributed by atoms with van der Waals surface area (Å²) in [6, 6.07) is 2.61. The second-order valence-electron chi connectivity index (χ2n) is 6.01. The molecule has 0 atom stereocenters. The van der Waals surface area contributed by atoms with E-state index in [1.807, 2.05) is 0 Å². The highest BCUT2D eigenvalue weighted by Crippen LogP contribution is 2.51. The number of hydrogen-bond donors (Lipinski definition) is 2. The number of benzene rings is 1. The lowest BCUT2D eigenvalue weighted by Crippen LogP contribution is -2.21. The molecule has 0 bridgehead atoms. The molecule has 21 heavy (non-hydrogen) atoms. The molecule has 1 saturated carbocycles. The number of anilines is 2. The van der Waals surface area contributed by atoms with Crippen molar-refractivity contribution < 1.29 is 13.9 Å². The number of nitrogens with two attached hydrogens (primary N) is 1. The number of carbonyl (C=O) groups is 1. The highest BCUT2D eigenvalue weighted by Gasteiger charge is 2.45. The Balaban J connectivity index is 2.16. The van der Waals surface area contributed by atoms with Gasteiger partial charge in [0.05, 0.1) is 17.9 Å². The molecule has 1 aromatic carbocycles. The molecule has 116 valence electrons. The zero-order chi connectivity index (χ0) is 15.6. The summed E-state index contributed by atoms with van der Waals surface area (Å²) in [5, 5.41) is 3.12. The largest absolute Gasteiger partial charge is 0.462 e. The molecular weight excluding hydrogens is 271 g/mol. The maximum atomic E-state index is 14.0. The fourth-order valence-electron chi connectivity index (χ4n) is 2.50. The van der Waals surface area contributed by atoms with Crippen molar-refractivity contribution in [3.05, 3.63) is 23.5 Å². The summed E-state index contributed by atoms with van der Waals surface area (Å²) < 4.78 is 18.9. The normalized spacial score (nSPS) is 15.9. The quantitative estimate of drug-likeness (QED) is 0.623. The third-order valence-electron chi connectivity index (χ3n) is 4.38. The van der Waals surface area contributed by atoms with Crippen molar-refractivity contribution in [3.63, 3.8) is 0 Å². The predicted molar refractivity (Wildman–Crippen MR) is 81.8 cm³/mol. The average molecular weight is 294 g/mol. The first-order valence-corrected chi connectivity index (χ1v) is 7.39. The van der Waals surface area contributed by atoms with Crippen LogP contribution in [0.5, 0.6) is 0 Å². The fraction of sp³-hybridized carbons (Fsp3) is 0.562. The number of hydrogen-bond acceptors (Lipinski definition) is 4. The van der Waals surface area contributed by atoms with E-state index in [1.54, 1.807) is 6.92 Å². The number of esters is 1. The number of carbonyl (C=O) groups excluding carboxylic acids is 1. The van der Waals surface area contributed by atoms with E-state index in [-0.39, 0.29) is 23.3 Å². The molecule has 0 saturated heterocycles. The summed E-state index contributed by atoms with van der Waals surface area (Å²) in [5.74, 6) is -0.422. The third kappa shape index (κ3) is 3.28. The summed E-state index contributed by atoms with van der Waals surface area (Å²) in [6.07, 6.45) is 2.30. The number of rotatable bonds is 6. The highest BCUT2D eigenvalue weighted by atomic mass is 19.1. The predicted octanol–water partition coefficient (Wildman–Crippen LogP) is 3.43. The van der Waals surface area contributed by atoms with Crippen LogP contribution in [0.15, 0.2) is 12.1 Å². The smallest absolute Gasteiger partial charge is 0.340 e. The molecule has 0 aromatic heterocycles. The number of nitrogens with one attached hydrogen (secondary N) is 1. The van der Waals surface area contributed by atoms with Gasteiger partial charge in [-0.05, 0) is 43.2 Å². The molecule has 3 N–H and O–H groups in total. The van der Waals surface area contributed by atoms with Crippen LogP contribution >= 0.6 is 0 Å². The van der Waals surface area contributed by atoms with E-state index < -0.39 is 11.8 Å². The molecule has 2 rings (SSSR count). The van der Waals surface area contributed by atoms with Crippen LogP contribution in [-0.2, 0) is 4.74 Å². The van der Waals surface area contributed by atoms with Gasteiger partial charge in [-0.3, -0.25) is 0 Å². The molecule has 0 heterocycles. The minimum absolute atomic E-state index is 0.0986. The second-order valence-corrected chi connectivity index (χ2v) is 6.01. The van der Waals surface area contributed by atoms with Crippen LogP contribution < -0.4 is 11.1 Å². The van der Waals surface area contributed by atoms with Gasteiger partial charge in [0, 0.05) is 12.2 Å². The van der Waals surface area contributed by atoms with E-state index in [2.05, 4.69) is 19.2 Å². The Labute approximate surface area is 124 Å². The maximum Gasteiger partial charge on any atom is 0.340 e. The first-order valence-electron chi connectivity index (χ1n) is 7.39. The van der Waals surface area contributed by atoms with Crippen LogP contribution in [0.2, 0.25) is 0 Å². The van der Waals surface area contributed by atoms with Crippen molar-refractivity contribution in [2.75, 3.05) is 24.2 Å².